The quantitative estimate of drug-likeness (QED) is 0.448. The standard InChI is InChI=1S/C10H16/c1-2-4-6-9-8-10(9)7-5-3-1/h8-9H,1-7H2. The average molecular weight is 136 g/mol. The van der Waals surface area contributed by atoms with Crippen molar-refractivity contribution in [2.75, 3.05) is 0 Å². The molecule has 0 spiro atoms. The van der Waals surface area contributed by atoms with Crippen molar-refractivity contribution in [3.63, 3.8) is 0 Å². The number of allylic oxidation sites excluding steroid dienone is 2. The minimum atomic E-state index is 0.970. The van der Waals surface area contributed by atoms with Crippen molar-refractivity contribution < 1.29 is 0 Å². The second kappa shape index (κ2) is 2.77. The summed E-state index contributed by atoms with van der Waals surface area (Å²) in [5.41, 5.74) is 1.78. The molecule has 0 heterocycles. The predicted octanol–water partition coefficient (Wildman–Crippen LogP) is 3.29. The third-order valence-corrected chi connectivity index (χ3v) is 2.76. The van der Waals surface area contributed by atoms with Gasteiger partial charge in [-0.1, -0.05) is 37.3 Å². The van der Waals surface area contributed by atoms with Gasteiger partial charge in [-0.15, -0.1) is 0 Å². The summed E-state index contributed by atoms with van der Waals surface area (Å²) < 4.78 is 0. The Bertz CT molecular complexity index is 144. The fourth-order valence-electron chi connectivity index (χ4n) is 1.97. The molecule has 0 nitrogen and oxygen atoms in total. The summed E-state index contributed by atoms with van der Waals surface area (Å²) in [7, 11) is 0. The van der Waals surface area contributed by atoms with Crippen LogP contribution in [0.2, 0.25) is 0 Å². The molecule has 0 aromatic rings. The Kier molecular flexibility index (Phi) is 1.79. The Morgan fingerprint density at radius 1 is 1.00 bits per heavy atom. The second-order valence-corrected chi connectivity index (χ2v) is 3.65. The fraction of sp³-hybridized carbons (Fsp3) is 0.800. The van der Waals surface area contributed by atoms with Gasteiger partial charge < -0.3 is 0 Å². The van der Waals surface area contributed by atoms with E-state index >= 15 is 0 Å². The smallest absolute Gasteiger partial charge is 0.00202 e. The highest BCUT2D eigenvalue weighted by atomic mass is 14.3. The lowest BCUT2D eigenvalue weighted by atomic mass is 10.1. The zero-order valence-electron chi connectivity index (χ0n) is 6.60. The third kappa shape index (κ3) is 1.42. The topological polar surface area (TPSA) is 0 Å². The van der Waals surface area contributed by atoms with Crippen LogP contribution >= 0.6 is 0 Å². The van der Waals surface area contributed by atoms with Crippen molar-refractivity contribution in [3.8, 4) is 0 Å². The molecule has 0 amide bonds. The van der Waals surface area contributed by atoms with Gasteiger partial charge in [-0.2, -0.15) is 0 Å². The van der Waals surface area contributed by atoms with Gasteiger partial charge in [0.05, 0.1) is 0 Å². The summed E-state index contributed by atoms with van der Waals surface area (Å²) >= 11 is 0. The molecular weight excluding hydrogens is 120 g/mol. The van der Waals surface area contributed by atoms with Crippen LogP contribution in [0.25, 0.3) is 0 Å². The maximum Gasteiger partial charge on any atom is -0.00202 e. The molecule has 56 valence electrons. The molecule has 0 bridgehead atoms. The van der Waals surface area contributed by atoms with Gasteiger partial charge in [0.2, 0.25) is 0 Å². The molecule has 1 atom stereocenters. The largest absolute Gasteiger partial charge is 0.0775 e. The summed E-state index contributed by atoms with van der Waals surface area (Å²) in [6, 6.07) is 0. The number of fused-ring (bicyclic) bond motifs is 1. The van der Waals surface area contributed by atoms with E-state index in [-0.39, 0.29) is 0 Å². The van der Waals surface area contributed by atoms with Gasteiger partial charge in [0.1, 0.15) is 0 Å². The first-order chi connectivity index (χ1) is 4.97. The summed E-state index contributed by atoms with van der Waals surface area (Å²) in [6.07, 6.45) is 12.8. The lowest BCUT2D eigenvalue weighted by Gasteiger charge is -1.95. The van der Waals surface area contributed by atoms with Crippen LogP contribution in [-0.4, -0.2) is 0 Å². The van der Waals surface area contributed by atoms with Gasteiger partial charge >= 0.3 is 0 Å². The Balaban J connectivity index is 1.81. The SMILES string of the molecule is C1=C2CCCCCCCC12. The van der Waals surface area contributed by atoms with E-state index in [0.717, 1.165) is 5.92 Å². The molecule has 0 aromatic carbocycles. The molecule has 0 saturated heterocycles. The molecule has 2 aliphatic rings. The maximum atomic E-state index is 2.48. The van der Waals surface area contributed by atoms with E-state index in [1.807, 2.05) is 0 Å². The first kappa shape index (κ1) is 6.45. The van der Waals surface area contributed by atoms with Crippen molar-refractivity contribution in [2.24, 2.45) is 5.92 Å². The van der Waals surface area contributed by atoms with E-state index in [4.69, 9.17) is 0 Å². The molecule has 0 heteroatoms. The van der Waals surface area contributed by atoms with E-state index in [9.17, 15) is 0 Å². The minimum absolute atomic E-state index is 0.970. The highest BCUT2D eigenvalue weighted by molar-refractivity contribution is 5.28. The zero-order valence-corrected chi connectivity index (χ0v) is 6.60. The molecule has 0 radical (unpaired) electrons. The Morgan fingerprint density at radius 2 is 1.80 bits per heavy atom. The van der Waals surface area contributed by atoms with Crippen molar-refractivity contribution in [1.82, 2.24) is 0 Å². The molecule has 10 heavy (non-hydrogen) atoms. The van der Waals surface area contributed by atoms with Gasteiger partial charge in [-0.05, 0) is 25.2 Å². The highest BCUT2D eigenvalue weighted by Gasteiger charge is 2.23. The van der Waals surface area contributed by atoms with Crippen molar-refractivity contribution in [1.29, 1.82) is 0 Å². The van der Waals surface area contributed by atoms with E-state index in [0.29, 0.717) is 0 Å². The van der Waals surface area contributed by atoms with Crippen LogP contribution in [-0.2, 0) is 0 Å². The number of hydrogen-bond donors (Lipinski definition) is 0. The van der Waals surface area contributed by atoms with Crippen molar-refractivity contribution in [3.05, 3.63) is 11.6 Å². The van der Waals surface area contributed by atoms with Crippen LogP contribution in [0.3, 0.4) is 0 Å². The van der Waals surface area contributed by atoms with E-state index < -0.39 is 0 Å². The molecule has 0 aliphatic heterocycles. The van der Waals surface area contributed by atoms with E-state index in [1.165, 1.54) is 44.9 Å². The van der Waals surface area contributed by atoms with Crippen molar-refractivity contribution >= 4 is 0 Å². The minimum Gasteiger partial charge on any atom is -0.0775 e. The third-order valence-electron chi connectivity index (χ3n) is 2.76. The molecule has 2 aliphatic carbocycles. The number of rotatable bonds is 0. The zero-order chi connectivity index (χ0) is 6.81. The number of hydrogen-bond acceptors (Lipinski definition) is 0. The van der Waals surface area contributed by atoms with Gasteiger partial charge in [0.25, 0.3) is 0 Å². The highest BCUT2D eigenvalue weighted by Crippen LogP contribution is 2.38. The molecule has 1 fully saturated rings. The molecule has 2 rings (SSSR count). The van der Waals surface area contributed by atoms with Crippen LogP contribution in [0.1, 0.15) is 44.9 Å². The van der Waals surface area contributed by atoms with E-state index in [2.05, 4.69) is 6.08 Å². The van der Waals surface area contributed by atoms with Crippen LogP contribution < -0.4 is 0 Å². The maximum absolute atomic E-state index is 2.48. The normalized spacial score (nSPS) is 32.8. The van der Waals surface area contributed by atoms with Gasteiger partial charge in [0, 0.05) is 0 Å². The Hall–Kier alpha value is -0.260. The predicted molar refractivity (Wildman–Crippen MR) is 43.9 cm³/mol. The van der Waals surface area contributed by atoms with Gasteiger partial charge in [-0.3, -0.25) is 0 Å². The molecule has 1 unspecified atom stereocenters. The van der Waals surface area contributed by atoms with E-state index in [1.54, 1.807) is 5.57 Å². The van der Waals surface area contributed by atoms with Gasteiger partial charge in [-0.25, -0.2) is 0 Å². The van der Waals surface area contributed by atoms with Crippen LogP contribution in [0.4, 0.5) is 0 Å². The average Bonchev–Trinajstić information content (AvgIpc) is 2.66. The summed E-state index contributed by atoms with van der Waals surface area (Å²) in [5.74, 6) is 0.970. The lowest BCUT2D eigenvalue weighted by Crippen LogP contribution is -1.80. The van der Waals surface area contributed by atoms with Crippen LogP contribution in [0, 0.1) is 5.92 Å². The van der Waals surface area contributed by atoms with Crippen molar-refractivity contribution in [2.45, 2.75) is 44.9 Å². The Labute approximate surface area is 63.3 Å². The molecule has 0 N–H and O–H groups in total. The van der Waals surface area contributed by atoms with Crippen LogP contribution in [0.5, 0.6) is 0 Å². The summed E-state index contributed by atoms with van der Waals surface area (Å²) in [5, 5.41) is 0. The molecule has 1 saturated carbocycles. The summed E-state index contributed by atoms with van der Waals surface area (Å²) in [4.78, 5) is 0. The molecule has 0 aromatic heterocycles. The lowest BCUT2D eigenvalue weighted by molar-refractivity contribution is 0.608. The monoisotopic (exact) mass is 136 g/mol. The van der Waals surface area contributed by atoms with Gasteiger partial charge in [0.15, 0.2) is 0 Å². The second-order valence-electron chi connectivity index (χ2n) is 3.65. The summed E-state index contributed by atoms with van der Waals surface area (Å²) in [6.45, 7) is 0. The first-order valence-corrected chi connectivity index (χ1v) is 4.67. The Morgan fingerprint density at radius 3 is 2.80 bits per heavy atom. The fourth-order valence-corrected chi connectivity index (χ4v) is 1.97. The first-order valence-electron chi connectivity index (χ1n) is 4.67. The molecular formula is C10H16. The van der Waals surface area contributed by atoms with Crippen LogP contribution in [0.15, 0.2) is 11.6 Å².